The summed E-state index contributed by atoms with van der Waals surface area (Å²) in [5, 5.41) is 9.04. The molecule has 0 radical (unpaired) electrons. The molecule has 0 aliphatic carbocycles. The van der Waals surface area contributed by atoms with Gasteiger partial charge in [-0.05, 0) is 24.8 Å². The summed E-state index contributed by atoms with van der Waals surface area (Å²) in [4.78, 5) is 38.8. The van der Waals surface area contributed by atoms with Crippen LogP contribution in [-0.2, 0) is 11.2 Å². The number of pyridine rings is 1. The second kappa shape index (κ2) is 6.53. The van der Waals surface area contributed by atoms with Crippen LogP contribution in [0.5, 0.6) is 0 Å². The number of nitrogens with one attached hydrogen (secondary N) is 1. The van der Waals surface area contributed by atoms with Crippen molar-refractivity contribution >= 4 is 11.9 Å². The Labute approximate surface area is 141 Å². The second-order valence-corrected chi connectivity index (χ2v) is 6.72. The molecule has 0 bridgehead atoms. The largest absolute Gasteiger partial charge is 0.481 e. The molecule has 2 heterocycles. The van der Waals surface area contributed by atoms with E-state index in [9.17, 15) is 27.6 Å². The van der Waals surface area contributed by atoms with Crippen LogP contribution < -0.4 is 5.56 Å². The Balaban J connectivity index is 2.29. The molecule has 138 valence electrons. The van der Waals surface area contributed by atoms with E-state index in [-0.39, 0.29) is 18.0 Å². The van der Waals surface area contributed by atoms with Crippen molar-refractivity contribution in [1.82, 2.24) is 9.88 Å². The van der Waals surface area contributed by atoms with Crippen LogP contribution in [-0.4, -0.2) is 46.1 Å². The number of halogens is 3. The van der Waals surface area contributed by atoms with Crippen LogP contribution in [0, 0.1) is 11.3 Å². The van der Waals surface area contributed by atoms with Crippen LogP contribution in [0.15, 0.2) is 16.9 Å². The summed E-state index contributed by atoms with van der Waals surface area (Å²) in [6.07, 6.45) is -5.18. The number of hydrogen-bond donors (Lipinski definition) is 2. The van der Waals surface area contributed by atoms with Crippen molar-refractivity contribution in [3.8, 4) is 0 Å². The Morgan fingerprint density at radius 3 is 2.48 bits per heavy atom. The van der Waals surface area contributed by atoms with Gasteiger partial charge in [0.25, 0.3) is 5.91 Å². The quantitative estimate of drug-likeness (QED) is 0.860. The maximum atomic E-state index is 13.2. The van der Waals surface area contributed by atoms with Crippen molar-refractivity contribution < 1.29 is 27.9 Å². The SMILES string of the molecule is CC(C)Cc1cc(C(=O)N2CCC(C(=O)O)(C(F)(F)F)C2)cc(=O)[nH]1. The molecule has 25 heavy (non-hydrogen) atoms. The first-order valence-electron chi connectivity index (χ1n) is 7.79. The van der Waals surface area contributed by atoms with E-state index in [1.165, 1.54) is 6.07 Å². The molecule has 1 saturated heterocycles. The van der Waals surface area contributed by atoms with Gasteiger partial charge in [0, 0.05) is 30.4 Å². The minimum absolute atomic E-state index is 0.0391. The number of aliphatic carboxylic acids is 1. The van der Waals surface area contributed by atoms with Gasteiger partial charge >= 0.3 is 12.1 Å². The highest BCUT2D eigenvalue weighted by atomic mass is 19.4. The van der Waals surface area contributed by atoms with Gasteiger partial charge in [0.15, 0.2) is 5.41 Å². The Bertz CT molecular complexity index is 742. The number of carboxylic acids is 1. The lowest BCUT2D eigenvalue weighted by atomic mass is 9.86. The van der Waals surface area contributed by atoms with E-state index in [2.05, 4.69) is 4.98 Å². The van der Waals surface area contributed by atoms with Crippen molar-refractivity contribution in [2.45, 2.75) is 32.9 Å². The number of carboxylic acid groups (broad SMARTS) is 1. The molecular weight excluding hydrogens is 341 g/mol. The number of nitrogens with zero attached hydrogens (tertiary/aromatic N) is 1. The fourth-order valence-corrected chi connectivity index (χ4v) is 2.97. The lowest BCUT2D eigenvalue weighted by molar-refractivity contribution is -0.227. The predicted molar refractivity (Wildman–Crippen MR) is 82.2 cm³/mol. The molecule has 1 aromatic rings. The number of alkyl halides is 3. The maximum absolute atomic E-state index is 13.2. The van der Waals surface area contributed by atoms with E-state index in [0.29, 0.717) is 12.1 Å². The van der Waals surface area contributed by atoms with Gasteiger partial charge in [0.2, 0.25) is 5.56 Å². The first-order valence-corrected chi connectivity index (χ1v) is 7.79. The molecule has 9 heteroatoms. The molecule has 0 aromatic carbocycles. The summed E-state index contributed by atoms with van der Waals surface area (Å²) in [5.41, 5.74) is -3.03. The van der Waals surface area contributed by atoms with Crippen LogP contribution in [0.4, 0.5) is 13.2 Å². The maximum Gasteiger partial charge on any atom is 0.406 e. The third-order valence-electron chi connectivity index (χ3n) is 4.28. The summed E-state index contributed by atoms with van der Waals surface area (Å²) in [7, 11) is 0. The average Bonchev–Trinajstić information content (AvgIpc) is 2.91. The number of likely N-dealkylation sites (tertiary alicyclic amines) is 1. The second-order valence-electron chi connectivity index (χ2n) is 6.72. The van der Waals surface area contributed by atoms with Crippen LogP contribution in [0.25, 0.3) is 0 Å². The number of hydrogen-bond acceptors (Lipinski definition) is 3. The van der Waals surface area contributed by atoms with Crippen LogP contribution in [0.3, 0.4) is 0 Å². The van der Waals surface area contributed by atoms with E-state index in [0.717, 1.165) is 11.0 Å². The third-order valence-corrected chi connectivity index (χ3v) is 4.28. The Kier molecular flexibility index (Phi) is 4.97. The van der Waals surface area contributed by atoms with E-state index < -0.39 is 42.0 Å². The third kappa shape index (κ3) is 3.69. The van der Waals surface area contributed by atoms with Crippen molar-refractivity contribution in [3.05, 3.63) is 33.7 Å². The summed E-state index contributed by atoms with van der Waals surface area (Å²) in [5.74, 6) is -2.57. The number of aromatic amines is 1. The van der Waals surface area contributed by atoms with Gasteiger partial charge in [-0.2, -0.15) is 13.2 Å². The van der Waals surface area contributed by atoms with E-state index in [1.54, 1.807) is 0 Å². The van der Waals surface area contributed by atoms with Crippen molar-refractivity contribution in [2.75, 3.05) is 13.1 Å². The zero-order chi connectivity index (χ0) is 19.0. The minimum Gasteiger partial charge on any atom is -0.481 e. The molecule has 2 rings (SSSR count). The van der Waals surface area contributed by atoms with Gasteiger partial charge in [0.05, 0.1) is 0 Å². The number of carbonyl (C=O) groups excluding carboxylic acids is 1. The zero-order valence-corrected chi connectivity index (χ0v) is 13.8. The molecule has 1 aliphatic rings. The van der Waals surface area contributed by atoms with E-state index >= 15 is 0 Å². The van der Waals surface area contributed by atoms with Crippen LogP contribution >= 0.6 is 0 Å². The van der Waals surface area contributed by atoms with Crippen molar-refractivity contribution in [3.63, 3.8) is 0 Å². The summed E-state index contributed by atoms with van der Waals surface area (Å²) in [6.45, 7) is 2.53. The van der Waals surface area contributed by atoms with Gasteiger partial charge in [-0.1, -0.05) is 13.8 Å². The van der Waals surface area contributed by atoms with E-state index in [4.69, 9.17) is 5.11 Å². The van der Waals surface area contributed by atoms with Gasteiger partial charge < -0.3 is 15.0 Å². The Hall–Kier alpha value is -2.32. The van der Waals surface area contributed by atoms with Gasteiger partial charge in [-0.25, -0.2) is 0 Å². The van der Waals surface area contributed by atoms with Gasteiger partial charge in [0.1, 0.15) is 0 Å². The minimum atomic E-state index is -4.97. The van der Waals surface area contributed by atoms with Crippen molar-refractivity contribution in [2.24, 2.45) is 11.3 Å². The molecule has 1 unspecified atom stereocenters. The molecule has 1 fully saturated rings. The lowest BCUT2D eigenvalue weighted by Gasteiger charge is -2.27. The molecule has 1 aromatic heterocycles. The van der Waals surface area contributed by atoms with Gasteiger partial charge in [-0.3, -0.25) is 14.4 Å². The first-order chi connectivity index (χ1) is 11.5. The highest BCUT2D eigenvalue weighted by Gasteiger charge is 2.64. The molecular formula is C16H19F3N2O4. The number of aromatic nitrogens is 1. The van der Waals surface area contributed by atoms with Crippen LogP contribution in [0.2, 0.25) is 0 Å². The molecule has 0 saturated carbocycles. The first kappa shape index (κ1) is 19.0. The van der Waals surface area contributed by atoms with Crippen LogP contribution in [0.1, 0.15) is 36.3 Å². The summed E-state index contributed by atoms with van der Waals surface area (Å²) < 4.78 is 39.6. The highest BCUT2D eigenvalue weighted by Crippen LogP contribution is 2.45. The molecule has 1 amide bonds. The van der Waals surface area contributed by atoms with Gasteiger partial charge in [-0.15, -0.1) is 0 Å². The molecule has 1 aliphatic heterocycles. The number of H-pyrrole nitrogens is 1. The topological polar surface area (TPSA) is 90.5 Å². The predicted octanol–water partition coefficient (Wildman–Crippen LogP) is 2.05. The zero-order valence-electron chi connectivity index (χ0n) is 13.8. The number of amides is 1. The molecule has 0 spiro atoms. The highest BCUT2D eigenvalue weighted by molar-refractivity contribution is 5.95. The Morgan fingerprint density at radius 2 is 2.00 bits per heavy atom. The summed E-state index contributed by atoms with van der Waals surface area (Å²) >= 11 is 0. The number of rotatable bonds is 4. The average molecular weight is 360 g/mol. The molecule has 1 atom stereocenters. The van der Waals surface area contributed by atoms with E-state index in [1.807, 2.05) is 13.8 Å². The lowest BCUT2D eigenvalue weighted by Crippen LogP contribution is -2.47. The monoisotopic (exact) mass is 360 g/mol. The number of carbonyl (C=O) groups is 2. The summed E-state index contributed by atoms with van der Waals surface area (Å²) in [6, 6.07) is 2.44. The molecule has 2 N–H and O–H groups in total. The fourth-order valence-electron chi connectivity index (χ4n) is 2.97. The molecule has 6 nitrogen and oxygen atoms in total. The van der Waals surface area contributed by atoms with Crippen molar-refractivity contribution in [1.29, 1.82) is 0 Å². The normalized spacial score (nSPS) is 21.0. The Morgan fingerprint density at radius 1 is 1.36 bits per heavy atom. The standard InChI is InChI=1S/C16H19F3N2O4/c1-9(2)5-11-6-10(7-12(22)20-11)13(23)21-4-3-15(8-21,14(24)25)16(17,18)19/h6-7,9H,3-5,8H2,1-2H3,(H,20,22)(H,24,25). The fraction of sp³-hybridized carbons (Fsp3) is 0.562. The smallest absolute Gasteiger partial charge is 0.406 e.